The highest BCUT2D eigenvalue weighted by Gasteiger charge is 2.50. The molecule has 0 aromatic carbocycles. The van der Waals surface area contributed by atoms with Crippen LogP contribution < -0.4 is 0 Å². The van der Waals surface area contributed by atoms with Crippen LogP contribution in [0, 0.1) is 11.8 Å². The fraction of sp³-hybridized carbons (Fsp3) is 0.571. The quantitative estimate of drug-likeness (QED) is 0.250. The number of hydrogen-bond acceptors (Lipinski definition) is 12. The molecule has 0 spiro atoms. The molecule has 42 heavy (non-hydrogen) atoms. The molecule has 7 atom stereocenters. The third-order valence-electron chi connectivity index (χ3n) is 7.18. The van der Waals surface area contributed by atoms with Crippen LogP contribution in [0.15, 0.2) is 37.0 Å². The van der Waals surface area contributed by atoms with Crippen LogP contribution >= 0.6 is 0 Å². The monoisotopic (exact) mass is 598 g/mol. The van der Waals surface area contributed by atoms with Gasteiger partial charge in [0.15, 0.2) is 0 Å². The van der Waals surface area contributed by atoms with Gasteiger partial charge in [0, 0.05) is 23.8 Å². The fourth-order valence-electron chi connectivity index (χ4n) is 5.12. The van der Waals surface area contributed by atoms with Crippen molar-refractivity contribution in [3.8, 4) is 0 Å². The molecule has 2 aliphatic carbocycles. The van der Waals surface area contributed by atoms with Gasteiger partial charge in [-0.3, -0.25) is 0 Å². The van der Waals surface area contributed by atoms with Gasteiger partial charge in [-0.05, 0) is 45.4 Å². The summed E-state index contributed by atoms with van der Waals surface area (Å²) in [5, 5.41) is 0. The van der Waals surface area contributed by atoms with E-state index in [1.807, 2.05) is 0 Å². The number of carbonyl (C=O) groups is 6. The van der Waals surface area contributed by atoms with Gasteiger partial charge in [-0.25, -0.2) is 28.8 Å². The summed E-state index contributed by atoms with van der Waals surface area (Å²) in [7, 11) is 0. The molecular weight excluding hydrogens is 566 g/mol. The van der Waals surface area contributed by atoms with Crippen LogP contribution in [0.3, 0.4) is 0 Å². The van der Waals surface area contributed by atoms with E-state index < -0.39 is 65.8 Å². The van der Waals surface area contributed by atoms with Crippen molar-refractivity contribution in [2.24, 2.45) is 11.8 Å². The summed E-state index contributed by atoms with van der Waals surface area (Å²) in [6, 6.07) is 0. The van der Waals surface area contributed by atoms with Crippen molar-refractivity contribution in [3.05, 3.63) is 37.0 Å². The van der Waals surface area contributed by atoms with E-state index in [0.717, 1.165) is 38.5 Å². The number of cyclic esters (lactones) is 1. The second kappa shape index (κ2) is 14.2. The van der Waals surface area contributed by atoms with Crippen molar-refractivity contribution in [1.29, 1.82) is 0 Å². The van der Waals surface area contributed by atoms with Crippen molar-refractivity contribution < 1.29 is 66.0 Å². The van der Waals surface area contributed by atoms with E-state index in [9.17, 15) is 37.5 Å². The summed E-state index contributed by atoms with van der Waals surface area (Å²) >= 11 is 0. The van der Waals surface area contributed by atoms with E-state index in [1.165, 1.54) is 0 Å². The molecule has 7 unspecified atom stereocenters. The second-order valence-corrected chi connectivity index (χ2v) is 10.2. The van der Waals surface area contributed by atoms with Crippen molar-refractivity contribution in [2.75, 3.05) is 6.61 Å². The minimum Gasteiger partial charge on any atom is -0.463 e. The number of hydrogen-bond donors (Lipinski definition) is 0. The number of carbonyl (C=O) groups excluding carboxylic acids is 6. The summed E-state index contributed by atoms with van der Waals surface area (Å²) in [6.45, 7) is 10.8. The first-order chi connectivity index (χ1) is 19.8. The Morgan fingerprint density at radius 1 is 0.690 bits per heavy atom. The van der Waals surface area contributed by atoms with Gasteiger partial charge in [0.2, 0.25) is 30.0 Å². The molecular formula is C28H32F2O12. The zero-order valence-corrected chi connectivity index (χ0v) is 23.0. The van der Waals surface area contributed by atoms with Crippen molar-refractivity contribution >= 4 is 35.8 Å². The lowest BCUT2D eigenvalue weighted by atomic mass is 10.0. The van der Waals surface area contributed by atoms with Gasteiger partial charge in [0.25, 0.3) is 0 Å². The lowest BCUT2D eigenvalue weighted by Crippen LogP contribution is -2.29. The molecule has 0 aromatic heterocycles. The minimum absolute atomic E-state index is 0.0413. The molecule has 230 valence electrons. The van der Waals surface area contributed by atoms with Gasteiger partial charge in [0.1, 0.15) is 12.2 Å². The first-order valence-corrected chi connectivity index (χ1v) is 13.3. The number of fused-ring (bicyclic) bond motifs is 2. The van der Waals surface area contributed by atoms with Gasteiger partial charge in [-0.15, -0.1) is 0 Å². The molecule has 0 aromatic rings. The summed E-state index contributed by atoms with van der Waals surface area (Å²) in [5.74, 6) is -6.96. The number of rotatable bonds is 6. The Morgan fingerprint density at radius 3 is 1.55 bits per heavy atom. The van der Waals surface area contributed by atoms with Crippen molar-refractivity contribution in [1.82, 2.24) is 0 Å². The third-order valence-corrected chi connectivity index (χ3v) is 7.18. The normalized spacial score (nSPS) is 30.1. The van der Waals surface area contributed by atoms with Crippen LogP contribution in [0.1, 0.15) is 51.9 Å². The molecule has 3 aliphatic heterocycles. The predicted molar refractivity (Wildman–Crippen MR) is 135 cm³/mol. The first-order valence-electron chi connectivity index (χ1n) is 13.3. The zero-order valence-electron chi connectivity index (χ0n) is 23.0. The molecule has 0 N–H and O–H groups in total. The summed E-state index contributed by atoms with van der Waals surface area (Å²) < 4.78 is 53.3. The largest absolute Gasteiger partial charge is 0.463 e. The molecule has 3 heterocycles. The van der Waals surface area contributed by atoms with Gasteiger partial charge in [-0.2, -0.15) is 8.78 Å². The van der Waals surface area contributed by atoms with Crippen LogP contribution in [0.2, 0.25) is 0 Å². The van der Waals surface area contributed by atoms with Crippen LogP contribution in [0.25, 0.3) is 0 Å². The predicted octanol–water partition coefficient (Wildman–Crippen LogP) is 2.64. The van der Waals surface area contributed by atoms with Crippen molar-refractivity contribution in [2.45, 2.75) is 82.4 Å². The van der Waals surface area contributed by atoms with Gasteiger partial charge in [0.05, 0.1) is 6.61 Å². The number of esters is 6. The van der Waals surface area contributed by atoms with Crippen LogP contribution in [-0.4, -0.2) is 72.9 Å². The van der Waals surface area contributed by atoms with E-state index in [2.05, 4.69) is 29.2 Å². The number of ether oxygens (including phenoxy) is 6. The Hall–Kier alpha value is -4.10. The maximum atomic E-state index is 12.4. The molecule has 0 amide bonds. The van der Waals surface area contributed by atoms with E-state index in [1.54, 1.807) is 6.92 Å². The molecule has 5 rings (SSSR count). The molecule has 0 radical (unpaired) electrons. The molecule has 3 saturated heterocycles. The summed E-state index contributed by atoms with van der Waals surface area (Å²) in [4.78, 5) is 66.2. The summed E-state index contributed by atoms with van der Waals surface area (Å²) in [6.07, 6.45) is 2.76. The van der Waals surface area contributed by atoms with Crippen LogP contribution in [-0.2, 0) is 57.2 Å². The molecule has 12 nitrogen and oxygen atoms in total. The molecule has 5 aliphatic rings. The van der Waals surface area contributed by atoms with E-state index >= 15 is 0 Å². The van der Waals surface area contributed by atoms with Crippen molar-refractivity contribution in [3.63, 3.8) is 0 Å². The topological polar surface area (TPSA) is 158 Å². The van der Waals surface area contributed by atoms with E-state index in [0.29, 0.717) is 5.57 Å². The van der Waals surface area contributed by atoms with Gasteiger partial charge in [-0.1, -0.05) is 19.7 Å². The highest BCUT2D eigenvalue weighted by atomic mass is 19.1. The summed E-state index contributed by atoms with van der Waals surface area (Å²) in [5.41, 5.74) is 0.309. The minimum atomic E-state index is -1.21. The highest BCUT2D eigenvalue weighted by Crippen LogP contribution is 2.39. The molecule has 5 fully saturated rings. The van der Waals surface area contributed by atoms with Crippen LogP contribution in [0.5, 0.6) is 0 Å². The smallest absolute Gasteiger partial charge is 0.367 e. The van der Waals surface area contributed by atoms with Gasteiger partial charge < -0.3 is 28.4 Å². The average molecular weight is 599 g/mol. The fourth-order valence-corrected chi connectivity index (χ4v) is 5.12. The maximum absolute atomic E-state index is 12.4. The second-order valence-electron chi connectivity index (χ2n) is 10.2. The SMILES string of the molecule is C=C(C)C(=O)OC1C(=O)OC2CCCC21.C=C(F)C(=O)OC1C(=O)OC2CCCC21.C=C(F)C(=O)OC1CCOC1=O. The van der Waals surface area contributed by atoms with Crippen LogP contribution in [0.4, 0.5) is 8.78 Å². The van der Waals surface area contributed by atoms with Gasteiger partial charge >= 0.3 is 35.8 Å². The lowest BCUT2D eigenvalue weighted by Gasteiger charge is -2.13. The zero-order chi connectivity index (χ0) is 31.1. The molecule has 2 saturated carbocycles. The standard InChI is InChI=1S/C11H14O4.C10H11FO4.C7H7FO4/c1-6(2)10(12)15-9-7-4-3-5-8(7)14-11(9)13;1-5(11)9(12)15-8-6-3-2-4-7(6)14-10(8)13;1-4(8)6(9)12-5-2-3-11-7(5)10/h7-9H,1,3-5H2,2H3;6-8H,1-4H2;5H,1-3H2. The lowest BCUT2D eigenvalue weighted by molar-refractivity contribution is -0.160. The molecule has 14 heteroatoms. The third kappa shape index (κ3) is 8.01. The Kier molecular flexibility index (Phi) is 10.9. The average Bonchev–Trinajstić information content (AvgIpc) is 3.74. The number of halogens is 2. The highest BCUT2D eigenvalue weighted by molar-refractivity contribution is 5.90. The Morgan fingerprint density at radius 2 is 1.14 bits per heavy atom. The molecule has 0 bridgehead atoms. The van der Waals surface area contributed by atoms with E-state index in [-0.39, 0.29) is 37.1 Å². The Labute approximate surface area is 239 Å². The first kappa shape index (κ1) is 32.4. The van der Waals surface area contributed by atoms with E-state index in [4.69, 9.17) is 18.9 Å². The maximum Gasteiger partial charge on any atom is 0.367 e. The Bertz CT molecular complexity index is 1100. The Balaban J connectivity index is 0.000000174.